The summed E-state index contributed by atoms with van der Waals surface area (Å²) >= 11 is 0. The van der Waals surface area contributed by atoms with Crippen LogP contribution in [0.5, 0.6) is 5.75 Å². The third-order valence-corrected chi connectivity index (χ3v) is 4.12. The number of para-hydroxylation sites is 1. The van der Waals surface area contributed by atoms with Crippen molar-refractivity contribution in [3.05, 3.63) is 29.8 Å². The van der Waals surface area contributed by atoms with Crippen molar-refractivity contribution in [3.8, 4) is 5.75 Å². The van der Waals surface area contributed by atoms with E-state index in [4.69, 9.17) is 4.74 Å². The Balaban J connectivity index is 1.58. The van der Waals surface area contributed by atoms with Gasteiger partial charge in [0.25, 0.3) is 5.91 Å². The third kappa shape index (κ3) is 3.47. The first kappa shape index (κ1) is 16.9. The number of ether oxygens (including phenoxy) is 1. The lowest BCUT2D eigenvalue weighted by Gasteiger charge is -2.18. The number of rotatable bonds is 4. The highest BCUT2D eigenvalue weighted by Crippen LogP contribution is 2.24. The first-order chi connectivity index (χ1) is 11.9. The van der Waals surface area contributed by atoms with Crippen LogP contribution in [0.1, 0.15) is 32.3 Å². The second kappa shape index (κ2) is 6.54. The summed E-state index contributed by atoms with van der Waals surface area (Å²) in [6, 6.07) is 7.01. The maximum Gasteiger partial charge on any atom is 0.325 e. The van der Waals surface area contributed by atoms with Crippen LogP contribution in [0.3, 0.4) is 0 Å². The smallest absolute Gasteiger partial charge is 0.325 e. The van der Waals surface area contributed by atoms with Crippen LogP contribution < -0.4 is 15.5 Å². The summed E-state index contributed by atoms with van der Waals surface area (Å²) in [4.78, 5) is 36.9. The summed E-state index contributed by atoms with van der Waals surface area (Å²) < 4.78 is 5.54. The van der Waals surface area contributed by atoms with Gasteiger partial charge in [-0.2, -0.15) is 5.10 Å². The molecule has 0 atom stereocenters. The lowest BCUT2D eigenvalue weighted by Crippen LogP contribution is -2.40. The molecular weight excluding hydrogens is 324 g/mol. The Bertz CT molecular complexity index is 757. The lowest BCUT2D eigenvalue weighted by molar-refractivity contribution is -0.130. The van der Waals surface area contributed by atoms with Crippen LogP contribution in [0.25, 0.3) is 0 Å². The molecule has 3 rings (SSSR count). The fraction of sp³-hybridized carbons (Fsp3) is 0.412. The fourth-order valence-corrected chi connectivity index (χ4v) is 2.76. The van der Waals surface area contributed by atoms with Gasteiger partial charge in [-0.1, -0.05) is 12.1 Å². The highest BCUT2D eigenvalue weighted by molar-refractivity contribution is 6.07. The summed E-state index contributed by atoms with van der Waals surface area (Å²) in [6.07, 6.45) is 0.586. The van der Waals surface area contributed by atoms with E-state index in [0.29, 0.717) is 13.0 Å². The van der Waals surface area contributed by atoms with Crippen LogP contribution >= 0.6 is 0 Å². The van der Waals surface area contributed by atoms with Crippen molar-refractivity contribution in [2.24, 2.45) is 5.10 Å². The number of carbonyl (C=O) groups is 3. The molecule has 1 saturated heterocycles. The molecule has 2 heterocycles. The number of nitrogens with zero attached hydrogens (tertiary/aromatic N) is 2. The molecule has 8 heteroatoms. The molecule has 0 unspecified atom stereocenters. The van der Waals surface area contributed by atoms with Crippen molar-refractivity contribution in [2.45, 2.75) is 32.2 Å². The number of hydrogen-bond donors (Lipinski definition) is 2. The fourth-order valence-electron chi connectivity index (χ4n) is 2.76. The standard InChI is InChI=1S/C17H20N4O4/c1-17(2)15(23)21(16(24)18-17)9-7-14(22)20-19-12-8-10-25-13-6-4-3-5-11(12)13/h3-6H,7-10H2,1-2H3,(H,18,24)(H,20,22)/b19-12-. The highest BCUT2D eigenvalue weighted by atomic mass is 16.5. The van der Waals surface area contributed by atoms with Crippen molar-refractivity contribution in [1.29, 1.82) is 0 Å². The van der Waals surface area contributed by atoms with Gasteiger partial charge in [-0.25, -0.2) is 10.2 Å². The summed E-state index contributed by atoms with van der Waals surface area (Å²) in [7, 11) is 0. The molecule has 1 aromatic rings. The molecule has 0 saturated carbocycles. The van der Waals surface area contributed by atoms with E-state index >= 15 is 0 Å². The van der Waals surface area contributed by atoms with Crippen molar-refractivity contribution < 1.29 is 19.1 Å². The van der Waals surface area contributed by atoms with E-state index in [-0.39, 0.29) is 24.8 Å². The Morgan fingerprint density at radius 1 is 1.36 bits per heavy atom. The molecule has 1 aromatic carbocycles. The van der Waals surface area contributed by atoms with E-state index in [0.717, 1.165) is 21.9 Å². The van der Waals surface area contributed by atoms with E-state index < -0.39 is 11.6 Å². The Labute approximate surface area is 145 Å². The Hall–Kier alpha value is -2.90. The maximum absolute atomic E-state index is 12.1. The first-order valence-corrected chi connectivity index (χ1v) is 8.10. The second-order valence-electron chi connectivity index (χ2n) is 6.45. The van der Waals surface area contributed by atoms with Crippen LogP contribution in [0.2, 0.25) is 0 Å². The van der Waals surface area contributed by atoms with Gasteiger partial charge in [-0.15, -0.1) is 0 Å². The van der Waals surface area contributed by atoms with Crippen molar-refractivity contribution in [1.82, 2.24) is 15.6 Å². The van der Waals surface area contributed by atoms with Gasteiger partial charge >= 0.3 is 6.03 Å². The number of hydrogen-bond acceptors (Lipinski definition) is 5. The van der Waals surface area contributed by atoms with E-state index in [1.807, 2.05) is 24.3 Å². The van der Waals surface area contributed by atoms with Gasteiger partial charge in [0.15, 0.2) is 0 Å². The molecule has 0 spiro atoms. The molecule has 0 radical (unpaired) electrons. The molecule has 0 bridgehead atoms. The van der Waals surface area contributed by atoms with Crippen LogP contribution in [-0.4, -0.2) is 47.1 Å². The number of fused-ring (bicyclic) bond motifs is 1. The summed E-state index contributed by atoms with van der Waals surface area (Å²) in [5, 5.41) is 6.75. The highest BCUT2D eigenvalue weighted by Gasteiger charge is 2.43. The topological polar surface area (TPSA) is 100 Å². The monoisotopic (exact) mass is 344 g/mol. The van der Waals surface area contributed by atoms with Crippen LogP contribution in [-0.2, 0) is 9.59 Å². The molecular formula is C17H20N4O4. The third-order valence-electron chi connectivity index (χ3n) is 4.12. The molecule has 25 heavy (non-hydrogen) atoms. The molecule has 4 amide bonds. The van der Waals surface area contributed by atoms with E-state index in [1.165, 1.54) is 0 Å². The van der Waals surface area contributed by atoms with Crippen molar-refractivity contribution >= 4 is 23.6 Å². The van der Waals surface area contributed by atoms with Crippen molar-refractivity contribution in [3.63, 3.8) is 0 Å². The largest absolute Gasteiger partial charge is 0.492 e. The average molecular weight is 344 g/mol. The minimum Gasteiger partial charge on any atom is -0.492 e. The van der Waals surface area contributed by atoms with Gasteiger partial charge in [-0.3, -0.25) is 14.5 Å². The predicted molar refractivity (Wildman–Crippen MR) is 90.2 cm³/mol. The predicted octanol–water partition coefficient (Wildman–Crippen LogP) is 1.01. The Morgan fingerprint density at radius 3 is 2.84 bits per heavy atom. The number of nitrogens with one attached hydrogen (secondary N) is 2. The summed E-state index contributed by atoms with van der Waals surface area (Å²) in [5.74, 6) is 0.0417. The lowest BCUT2D eigenvalue weighted by atomic mass is 10.0. The van der Waals surface area contributed by atoms with Crippen LogP contribution in [0, 0.1) is 0 Å². The van der Waals surface area contributed by atoms with Gasteiger partial charge in [-0.05, 0) is 26.0 Å². The number of carbonyl (C=O) groups excluding carboxylic acids is 3. The molecule has 0 aliphatic carbocycles. The molecule has 0 aromatic heterocycles. The number of urea groups is 1. The molecule has 8 nitrogen and oxygen atoms in total. The summed E-state index contributed by atoms with van der Waals surface area (Å²) in [6.45, 7) is 3.78. The van der Waals surface area contributed by atoms with Gasteiger partial charge in [0, 0.05) is 24.9 Å². The zero-order valence-electron chi connectivity index (χ0n) is 14.2. The van der Waals surface area contributed by atoms with E-state index in [9.17, 15) is 14.4 Å². The van der Waals surface area contributed by atoms with Gasteiger partial charge < -0.3 is 10.1 Å². The zero-order chi connectivity index (χ0) is 18.0. The minimum absolute atomic E-state index is 0.00976. The van der Waals surface area contributed by atoms with Crippen LogP contribution in [0.15, 0.2) is 29.4 Å². The molecule has 1 fully saturated rings. The number of imide groups is 1. The molecule has 132 valence electrons. The van der Waals surface area contributed by atoms with Gasteiger partial charge in [0.05, 0.1) is 12.3 Å². The molecule has 2 N–H and O–H groups in total. The quantitative estimate of drug-likeness (QED) is 0.629. The first-order valence-electron chi connectivity index (χ1n) is 8.10. The number of amides is 4. The average Bonchev–Trinajstić information content (AvgIpc) is 2.78. The zero-order valence-corrected chi connectivity index (χ0v) is 14.2. The number of benzene rings is 1. The van der Waals surface area contributed by atoms with Gasteiger partial charge in [0.1, 0.15) is 11.3 Å². The van der Waals surface area contributed by atoms with Crippen molar-refractivity contribution in [2.75, 3.05) is 13.2 Å². The Morgan fingerprint density at radius 2 is 2.12 bits per heavy atom. The van der Waals surface area contributed by atoms with Gasteiger partial charge in [0.2, 0.25) is 5.91 Å². The molecule has 2 aliphatic heterocycles. The van der Waals surface area contributed by atoms with Crippen LogP contribution in [0.4, 0.5) is 4.79 Å². The normalized spacial score (nSPS) is 20.1. The van der Waals surface area contributed by atoms with E-state index in [2.05, 4.69) is 15.8 Å². The molecule has 2 aliphatic rings. The Kier molecular flexibility index (Phi) is 4.43. The van der Waals surface area contributed by atoms with E-state index in [1.54, 1.807) is 13.8 Å². The summed E-state index contributed by atoms with van der Waals surface area (Å²) in [5.41, 5.74) is 3.15. The second-order valence-corrected chi connectivity index (χ2v) is 6.45. The SMILES string of the molecule is CC1(C)NC(=O)N(CCC(=O)N/N=C2/CCOc3ccccc32)C1=O. The minimum atomic E-state index is -0.931. The maximum atomic E-state index is 12.1. The number of hydrazone groups is 1.